The molecule has 0 amide bonds. The fourth-order valence-corrected chi connectivity index (χ4v) is 2.60. The van der Waals surface area contributed by atoms with Gasteiger partial charge >= 0.3 is 0 Å². The van der Waals surface area contributed by atoms with Crippen molar-refractivity contribution in [3.05, 3.63) is 30.0 Å². The van der Waals surface area contributed by atoms with Crippen LogP contribution < -0.4 is 0 Å². The van der Waals surface area contributed by atoms with Gasteiger partial charge in [-0.2, -0.15) is 0 Å². The number of hydrogen-bond donors (Lipinski definition) is 1. The van der Waals surface area contributed by atoms with Gasteiger partial charge in [-0.25, -0.2) is 8.42 Å². The van der Waals surface area contributed by atoms with Gasteiger partial charge in [0.05, 0.1) is 22.7 Å². The monoisotopic (exact) mass is 254 g/mol. The van der Waals surface area contributed by atoms with Crippen molar-refractivity contribution < 1.29 is 17.9 Å². The number of phenols is 1. The molecule has 1 N–H and O–H groups in total. The molecule has 1 aromatic carbocycles. The summed E-state index contributed by atoms with van der Waals surface area (Å²) in [4.78, 5) is 0. The first-order valence-electron chi connectivity index (χ1n) is 5.31. The van der Waals surface area contributed by atoms with E-state index in [0.29, 0.717) is 16.5 Å². The molecule has 2 aromatic rings. The van der Waals surface area contributed by atoms with E-state index in [1.165, 1.54) is 12.3 Å². The lowest BCUT2D eigenvalue weighted by Crippen LogP contribution is -2.15. The van der Waals surface area contributed by atoms with Gasteiger partial charge in [0.25, 0.3) is 0 Å². The minimum absolute atomic E-state index is 0.0465. The first-order chi connectivity index (χ1) is 7.92. The van der Waals surface area contributed by atoms with Gasteiger partial charge in [-0.1, -0.05) is 6.07 Å². The van der Waals surface area contributed by atoms with E-state index in [2.05, 4.69) is 0 Å². The molecule has 0 spiro atoms. The standard InChI is InChI=1S/C12H14O4S/c1-8(2)17(14,15)7-9-6-16-11-5-3-4-10(13)12(9)11/h3-6,8,13H,7H2,1-2H3. The number of phenolic OH excluding ortho intramolecular Hbond substituents is 1. The number of sulfone groups is 1. The second-order valence-electron chi connectivity index (χ2n) is 4.27. The molecule has 0 radical (unpaired) electrons. The second kappa shape index (κ2) is 4.07. The molecule has 5 heteroatoms. The fraction of sp³-hybridized carbons (Fsp3) is 0.333. The largest absolute Gasteiger partial charge is 0.507 e. The zero-order valence-electron chi connectivity index (χ0n) is 9.67. The Morgan fingerprint density at radius 3 is 2.71 bits per heavy atom. The Morgan fingerprint density at radius 2 is 2.06 bits per heavy atom. The highest BCUT2D eigenvalue weighted by molar-refractivity contribution is 7.91. The molecular formula is C12H14O4S. The number of rotatable bonds is 3. The predicted molar refractivity (Wildman–Crippen MR) is 65.6 cm³/mol. The highest BCUT2D eigenvalue weighted by atomic mass is 32.2. The van der Waals surface area contributed by atoms with Gasteiger partial charge in [0.2, 0.25) is 0 Å². The Morgan fingerprint density at radius 1 is 1.35 bits per heavy atom. The van der Waals surface area contributed by atoms with Crippen LogP contribution in [0, 0.1) is 0 Å². The number of hydrogen-bond acceptors (Lipinski definition) is 4. The molecule has 17 heavy (non-hydrogen) atoms. The Labute approximate surface area is 99.8 Å². The first kappa shape index (κ1) is 12.0. The van der Waals surface area contributed by atoms with Gasteiger partial charge in [0.1, 0.15) is 11.3 Å². The molecule has 2 rings (SSSR count). The Kier molecular flexibility index (Phi) is 2.87. The molecule has 0 saturated heterocycles. The van der Waals surface area contributed by atoms with Crippen LogP contribution >= 0.6 is 0 Å². The van der Waals surface area contributed by atoms with Gasteiger partial charge in [-0.05, 0) is 26.0 Å². The maximum atomic E-state index is 11.8. The number of benzene rings is 1. The van der Waals surface area contributed by atoms with Crippen molar-refractivity contribution in [2.75, 3.05) is 0 Å². The highest BCUT2D eigenvalue weighted by Crippen LogP contribution is 2.31. The number of furan rings is 1. The van der Waals surface area contributed by atoms with Crippen LogP contribution in [0.3, 0.4) is 0 Å². The lowest BCUT2D eigenvalue weighted by atomic mass is 10.2. The van der Waals surface area contributed by atoms with E-state index in [1.807, 2.05) is 0 Å². The molecule has 0 fully saturated rings. The summed E-state index contributed by atoms with van der Waals surface area (Å²) in [6.07, 6.45) is 1.39. The topological polar surface area (TPSA) is 67.5 Å². The van der Waals surface area contributed by atoms with E-state index >= 15 is 0 Å². The van der Waals surface area contributed by atoms with Crippen molar-refractivity contribution >= 4 is 20.8 Å². The van der Waals surface area contributed by atoms with Crippen molar-refractivity contribution in [1.29, 1.82) is 0 Å². The van der Waals surface area contributed by atoms with Crippen LogP contribution in [0.5, 0.6) is 5.75 Å². The lowest BCUT2D eigenvalue weighted by Gasteiger charge is -2.06. The summed E-state index contributed by atoms with van der Waals surface area (Å²) in [6, 6.07) is 4.87. The van der Waals surface area contributed by atoms with Crippen LogP contribution in [0.4, 0.5) is 0 Å². The summed E-state index contributed by atoms with van der Waals surface area (Å²) in [7, 11) is -3.20. The highest BCUT2D eigenvalue weighted by Gasteiger charge is 2.20. The van der Waals surface area contributed by atoms with Crippen LogP contribution in [0.2, 0.25) is 0 Å². The molecule has 0 unspecified atom stereocenters. The average molecular weight is 254 g/mol. The average Bonchev–Trinajstić information content (AvgIpc) is 2.62. The van der Waals surface area contributed by atoms with Crippen molar-refractivity contribution in [3.63, 3.8) is 0 Å². The summed E-state index contributed by atoms with van der Waals surface area (Å²) < 4.78 is 28.9. The zero-order valence-corrected chi connectivity index (χ0v) is 10.5. The van der Waals surface area contributed by atoms with Gasteiger partial charge in [0.15, 0.2) is 9.84 Å². The molecule has 92 valence electrons. The van der Waals surface area contributed by atoms with Gasteiger partial charge in [-0.3, -0.25) is 0 Å². The maximum absolute atomic E-state index is 11.8. The van der Waals surface area contributed by atoms with Gasteiger partial charge in [0, 0.05) is 5.56 Å². The van der Waals surface area contributed by atoms with Crippen molar-refractivity contribution in [2.24, 2.45) is 0 Å². The molecule has 0 saturated carbocycles. The molecule has 4 nitrogen and oxygen atoms in total. The first-order valence-corrected chi connectivity index (χ1v) is 7.03. The molecule has 1 aromatic heterocycles. The van der Waals surface area contributed by atoms with E-state index in [1.54, 1.807) is 26.0 Å². The number of fused-ring (bicyclic) bond motifs is 1. The molecule has 0 bridgehead atoms. The van der Waals surface area contributed by atoms with E-state index in [4.69, 9.17) is 4.42 Å². The SMILES string of the molecule is CC(C)S(=O)(=O)Cc1coc2cccc(O)c12. The van der Waals surface area contributed by atoms with Crippen LogP contribution in [-0.4, -0.2) is 18.8 Å². The quantitative estimate of drug-likeness (QED) is 0.913. The van der Waals surface area contributed by atoms with Crippen molar-refractivity contribution in [3.8, 4) is 5.75 Å². The Bertz CT molecular complexity index is 638. The van der Waals surface area contributed by atoms with Crippen molar-refractivity contribution in [2.45, 2.75) is 24.9 Å². The summed E-state index contributed by atoms with van der Waals surface area (Å²) in [5.41, 5.74) is 1.01. The third kappa shape index (κ3) is 2.15. The van der Waals surface area contributed by atoms with Crippen LogP contribution in [-0.2, 0) is 15.6 Å². The van der Waals surface area contributed by atoms with E-state index in [0.717, 1.165) is 0 Å². The normalized spacial score (nSPS) is 12.4. The molecule has 0 aliphatic heterocycles. The molecule has 0 aliphatic rings. The fourth-order valence-electron chi connectivity index (χ4n) is 1.62. The zero-order chi connectivity index (χ0) is 12.6. The summed E-state index contributed by atoms with van der Waals surface area (Å²) in [5, 5.41) is 9.76. The lowest BCUT2D eigenvalue weighted by molar-refractivity contribution is 0.481. The van der Waals surface area contributed by atoms with Crippen LogP contribution in [0.25, 0.3) is 11.0 Å². The molecule has 0 atom stereocenters. The smallest absolute Gasteiger partial charge is 0.156 e. The third-order valence-corrected chi connectivity index (χ3v) is 4.88. The number of aromatic hydroxyl groups is 1. The molecule has 1 heterocycles. The van der Waals surface area contributed by atoms with Crippen LogP contribution in [0.15, 0.2) is 28.9 Å². The van der Waals surface area contributed by atoms with E-state index < -0.39 is 15.1 Å². The van der Waals surface area contributed by atoms with E-state index in [9.17, 15) is 13.5 Å². The van der Waals surface area contributed by atoms with Gasteiger partial charge < -0.3 is 9.52 Å². The predicted octanol–water partition coefficient (Wildman–Crippen LogP) is 2.46. The van der Waals surface area contributed by atoms with Crippen LogP contribution in [0.1, 0.15) is 19.4 Å². The molecule has 0 aliphatic carbocycles. The van der Waals surface area contributed by atoms with Gasteiger partial charge in [-0.15, -0.1) is 0 Å². The Balaban J connectivity index is 2.51. The van der Waals surface area contributed by atoms with Crippen molar-refractivity contribution in [1.82, 2.24) is 0 Å². The maximum Gasteiger partial charge on any atom is 0.156 e. The summed E-state index contributed by atoms with van der Waals surface area (Å²) in [5.74, 6) is -0.0693. The minimum Gasteiger partial charge on any atom is -0.507 e. The second-order valence-corrected chi connectivity index (χ2v) is 6.82. The summed E-state index contributed by atoms with van der Waals surface area (Å²) >= 11 is 0. The minimum atomic E-state index is -3.20. The van der Waals surface area contributed by atoms with E-state index in [-0.39, 0.29) is 11.5 Å². The Hall–Kier alpha value is -1.49. The summed E-state index contributed by atoms with van der Waals surface area (Å²) in [6.45, 7) is 3.27. The molecular weight excluding hydrogens is 240 g/mol. The third-order valence-electron chi connectivity index (χ3n) is 2.73.